The van der Waals surface area contributed by atoms with E-state index in [9.17, 15) is 4.79 Å². The lowest BCUT2D eigenvalue weighted by Crippen LogP contribution is -2.52. The van der Waals surface area contributed by atoms with Crippen LogP contribution in [0.3, 0.4) is 0 Å². The standard InChI is InChI=1S/C18H21N3O2/c1-14-13-20(2)10-11-21(14)18(22)15-5-7-16(8-6-15)23-17-4-3-9-19-12-17/h3-9,12,14H,10-11,13H2,1-2H3. The molecule has 5 heteroatoms. The molecule has 1 aromatic carbocycles. The number of amides is 1. The van der Waals surface area contributed by atoms with Crippen molar-refractivity contribution in [1.82, 2.24) is 14.8 Å². The highest BCUT2D eigenvalue weighted by Crippen LogP contribution is 2.21. The summed E-state index contributed by atoms with van der Waals surface area (Å²) in [6, 6.07) is 11.2. The maximum atomic E-state index is 12.6. The predicted molar refractivity (Wildman–Crippen MR) is 88.7 cm³/mol. The van der Waals surface area contributed by atoms with Gasteiger partial charge in [-0.15, -0.1) is 0 Å². The van der Waals surface area contributed by atoms with Crippen LogP contribution in [0.1, 0.15) is 17.3 Å². The first-order valence-electron chi connectivity index (χ1n) is 7.81. The van der Waals surface area contributed by atoms with Gasteiger partial charge in [0.15, 0.2) is 0 Å². The van der Waals surface area contributed by atoms with Crippen molar-refractivity contribution in [3.8, 4) is 11.5 Å². The van der Waals surface area contributed by atoms with E-state index in [0.29, 0.717) is 17.1 Å². The number of piperazine rings is 1. The molecule has 5 nitrogen and oxygen atoms in total. The summed E-state index contributed by atoms with van der Waals surface area (Å²) in [6.45, 7) is 4.68. The average Bonchev–Trinajstić information content (AvgIpc) is 2.56. The molecule has 23 heavy (non-hydrogen) atoms. The summed E-state index contributed by atoms with van der Waals surface area (Å²) >= 11 is 0. The molecule has 0 bridgehead atoms. The molecule has 120 valence electrons. The van der Waals surface area contributed by atoms with E-state index in [1.165, 1.54) is 0 Å². The summed E-state index contributed by atoms with van der Waals surface area (Å²) in [7, 11) is 2.09. The van der Waals surface area contributed by atoms with Crippen molar-refractivity contribution in [2.24, 2.45) is 0 Å². The number of aromatic nitrogens is 1. The van der Waals surface area contributed by atoms with E-state index >= 15 is 0 Å². The molecule has 0 N–H and O–H groups in total. The van der Waals surface area contributed by atoms with Crippen LogP contribution >= 0.6 is 0 Å². The predicted octanol–water partition coefficient (Wildman–Crippen LogP) is 2.65. The molecule has 1 aromatic heterocycles. The third-order valence-electron chi connectivity index (χ3n) is 4.06. The number of ether oxygens (including phenoxy) is 1. The molecule has 2 aromatic rings. The Morgan fingerprint density at radius 3 is 2.61 bits per heavy atom. The zero-order valence-corrected chi connectivity index (χ0v) is 13.5. The van der Waals surface area contributed by atoms with Gasteiger partial charge in [-0.2, -0.15) is 0 Å². The fourth-order valence-electron chi connectivity index (χ4n) is 2.82. The average molecular weight is 311 g/mol. The van der Waals surface area contributed by atoms with Crippen LogP contribution in [0, 0.1) is 0 Å². The Hall–Kier alpha value is -2.40. The van der Waals surface area contributed by atoms with Gasteiger partial charge >= 0.3 is 0 Å². The van der Waals surface area contributed by atoms with Crippen LogP contribution in [0.4, 0.5) is 0 Å². The van der Waals surface area contributed by atoms with Gasteiger partial charge in [-0.05, 0) is 50.4 Å². The molecule has 1 amide bonds. The monoisotopic (exact) mass is 311 g/mol. The Morgan fingerprint density at radius 1 is 1.17 bits per heavy atom. The molecule has 0 radical (unpaired) electrons. The van der Waals surface area contributed by atoms with Crippen molar-refractivity contribution < 1.29 is 9.53 Å². The molecule has 1 fully saturated rings. The zero-order chi connectivity index (χ0) is 16.2. The lowest BCUT2D eigenvalue weighted by molar-refractivity contribution is 0.0533. The minimum atomic E-state index is 0.0820. The van der Waals surface area contributed by atoms with E-state index in [1.807, 2.05) is 41.3 Å². The number of pyridine rings is 1. The fraction of sp³-hybridized carbons (Fsp3) is 0.333. The van der Waals surface area contributed by atoms with Gasteiger partial charge in [-0.25, -0.2) is 0 Å². The van der Waals surface area contributed by atoms with Gasteiger partial charge < -0.3 is 14.5 Å². The SMILES string of the molecule is CC1CN(C)CCN1C(=O)c1ccc(Oc2cccnc2)cc1. The van der Waals surface area contributed by atoms with Gasteiger partial charge in [0.25, 0.3) is 5.91 Å². The van der Waals surface area contributed by atoms with Crippen molar-refractivity contribution in [3.05, 3.63) is 54.4 Å². The smallest absolute Gasteiger partial charge is 0.254 e. The largest absolute Gasteiger partial charge is 0.456 e. The highest BCUT2D eigenvalue weighted by atomic mass is 16.5. The second-order valence-electron chi connectivity index (χ2n) is 5.92. The molecule has 3 rings (SSSR count). The molecule has 1 aliphatic rings. The Bertz CT molecular complexity index is 658. The highest BCUT2D eigenvalue weighted by molar-refractivity contribution is 5.94. The molecule has 1 aliphatic heterocycles. The minimum absolute atomic E-state index is 0.0820. The van der Waals surface area contributed by atoms with Crippen LogP contribution in [0.25, 0.3) is 0 Å². The van der Waals surface area contributed by atoms with Crippen LogP contribution in [0.15, 0.2) is 48.8 Å². The maximum absolute atomic E-state index is 12.6. The van der Waals surface area contributed by atoms with E-state index in [2.05, 4.69) is 23.9 Å². The van der Waals surface area contributed by atoms with Crippen LogP contribution in [-0.2, 0) is 0 Å². The van der Waals surface area contributed by atoms with Crippen molar-refractivity contribution in [1.29, 1.82) is 0 Å². The Kier molecular flexibility index (Phi) is 4.57. The number of rotatable bonds is 3. The second-order valence-corrected chi connectivity index (χ2v) is 5.92. The van der Waals surface area contributed by atoms with Crippen molar-refractivity contribution in [2.75, 3.05) is 26.7 Å². The second kappa shape index (κ2) is 6.79. The number of carbonyl (C=O) groups excluding carboxylic acids is 1. The van der Waals surface area contributed by atoms with Crippen LogP contribution in [-0.4, -0.2) is 53.4 Å². The van der Waals surface area contributed by atoms with Crippen molar-refractivity contribution >= 4 is 5.91 Å². The van der Waals surface area contributed by atoms with Gasteiger partial charge in [0.2, 0.25) is 0 Å². The lowest BCUT2D eigenvalue weighted by Gasteiger charge is -2.38. The van der Waals surface area contributed by atoms with E-state index in [4.69, 9.17) is 4.74 Å². The highest BCUT2D eigenvalue weighted by Gasteiger charge is 2.26. The van der Waals surface area contributed by atoms with Gasteiger partial charge in [0.05, 0.1) is 6.20 Å². The molecule has 0 saturated carbocycles. The third kappa shape index (κ3) is 3.68. The number of carbonyl (C=O) groups is 1. The van der Waals surface area contributed by atoms with E-state index in [-0.39, 0.29) is 11.9 Å². The molecule has 0 spiro atoms. The summed E-state index contributed by atoms with van der Waals surface area (Å²) in [4.78, 5) is 20.8. The topological polar surface area (TPSA) is 45.7 Å². The van der Waals surface area contributed by atoms with Crippen LogP contribution in [0.2, 0.25) is 0 Å². The van der Waals surface area contributed by atoms with Crippen molar-refractivity contribution in [3.63, 3.8) is 0 Å². The summed E-state index contributed by atoms with van der Waals surface area (Å²) in [5.41, 5.74) is 0.694. The summed E-state index contributed by atoms with van der Waals surface area (Å²) in [6.07, 6.45) is 3.36. The molecule has 1 saturated heterocycles. The first-order chi connectivity index (χ1) is 11.1. The van der Waals surface area contributed by atoms with Crippen LogP contribution < -0.4 is 4.74 Å². The van der Waals surface area contributed by atoms with Gasteiger partial charge in [-0.3, -0.25) is 9.78 Å². The molecular weight excluding hydrogens is 290 g/mol. The number of nitrogens with zero attached hydrogens (tertiary/aromatic N) is 3. The van der Waals surface area contributed by atoms with Crippen LogP contribution in [0.5, 0.6) is 11.5 Å². The molecular formula is C18H21N3O2. The molecule has 1 unspecified atom stereocenters. The van der Waals surface area contributed by atoms with E-state index in [0.717, 1.165) is 19.6 Å². The zero-order valence-electron chi connectivity index (χ0n) is 13.5. The maximum Gasteiger partial charge on any atom is 0.254 e. The van der Waals surface area contributed by atoms with E-state index in [1.54, 1.807) is 12.4 Å². The first-order valence-corrected chi connectivity index (χ1v) is 7.81. The van der Waals surface area contributed by atoms with Gasteiger partial charge in [-0.1, -0.05) is 0 Å². The van der Waals surface area contributed by atoms with Crippen molar-refractivity contribution in [2.45, 2.75) is 13.0 Å². The number of benzene rings is 1. The number of likely N-dealkylation sites (N-methyl/N-ethyl adjacent to an activating group) is 1. The van der Waals surface area contributed by atoms with Gasteiger partial charge in [0, 0.05) is 37.4 Å². The van der Waals surface area contributed by atoms with E-state index < -0.39 is 0 Å². The first kappa shape index (κ1) is 15.5. The Morgan fingerprint density at radius 2 is 1.96 bits per heavy atom. The van der Waals surface area contributed by atoms with Gasteiger partial charge in [0.1, 0.15) is 11.5 Å². The summed E-state index contributed by atoms with van der Waals surface area (Å²) in [5, 5.41) is 0. The summed E-state index contributed by atoms with van der Waals surface area (Å²) < 4.78 is 5.70. The lowest BCUT2D eigenvalue weighted by atomic mass is 10.1. The Labute approximate surface area is 136 Å². The minimum Gasteiger partial charge on any atom is -0.456 e. The normalized spacial score (nSPS) is 18.7. The molecule has 2 heterocycles. The Balaban J connectivity index is 1.68. The molecule has 1 atom stereocenters. The fourth-order valence-corrected chi connectivity index (χ4v) is 2.82. The number of hydrogen-bond donors (Lipinski definition) is 0. The number of hydrogen-bond acceptors (Lipinski definition) is 4. The molecule has 0 aliphatic carbocycles. The summed E-state index contributed by atoms with van der Waals surface area (Å²) in [5.74, 6) is 1.46. The quantitative estimate of drug-likeness (QED) is 0.874. The third-order valence-corrected chi connectivity index (χ3v) is 4.06.